The monoisotopic (exact) mass is 314 g/mol. The molecule has 3 aromatic heterocycles. The molecule has 1 N–H and O–H groups in total. The van der Waals surface area contributed by atoms with Crippen molar-refractivity contribution in [3.8, 4) is 0 Å². The number of amides is 1. The van der Waals surface area contributed by atoms with Crippen LogP contribution in [0.2, 0.25) is 5.02 Å². The summed E-state index contributed by atoms with van der Waals surface area (Å²) in [6.45, 7) is 2.39. The van der Waals surface area contributed by atoms with E-state index in [1.807, 2.05) is 19.1 Å². The first-order valence-corrected chi connectivity index (χ1v) is 7.40. The van der Waals surface area contributed by atoms with Gasteiger partial charge >= 0.3 is 0 Å². The lowest BCUT2D eigenvalue weighted by Crippen LogP contribution is -2.25. The smallest absolute Gasteiger partial charge is 0.270 e. The minimum Gasteiger partial charge on any atom is -0.347 e. The van der Waals surface area contributed by atoms with Crippen LogP contribution in [0.4, 0.5) is 0 Å². The lowest BCUT2D eigenvalue weighted by Gasteiger charge is -2.06. The number of nitrogens with one attached hydrogen (secondary N) is 1. The zero-order valence-corrected chi connectivity index (χ0v) is 12.8. The van der Waals surface area contributed by atoms with Crippen molar-refractivity contribution in [1.29, 1.82) is 0 Å². The lowest BCUT2D eigenvalue weighted by atomic mass is 10.2. The van der Waals surface area contributed by atoms with Gasteiger partial charge in [0.05, 0.1) is 10.7 Å². The fraction of sp³-hybridized carbons (Fsp3) is 0.188. The molecule has 0 aliphatic heterocycles. The van der Waals surface area contributed by atoms with E-state index in [-0.39, 0.29) is 5.91 Å². The Bertz CT molecular complexity index is 814. The third kappa shape index (κ3) is 2.80. The van der Waals surface area contributed by atoms with E-state index in [2.05, 4.69) is 15.3 Å². The van der Waals surface area contributed by atoms with E-state index in [9.17, 15) is 4.79 Å². The lowest BCUT2D eigenvalue weighted by molar-refractivity contribution is 0.0944. The van der Waals surface area contributed by atoms with Gasteiger partial charge in [-0.25, -0.2) is 4.98 Å². The first-order chi connectivity index (χ1) is 10.7. The number of pyridine rings is 2. The normalized spacial score (nSPS) is 10.8. The maximum Gasteiger partial charge on any atom is 0.270 e. The summed E-state index contributed by atoms with van der Waals surface area (Å²) >= 11 is 6.03. The largest absolute Gasteiger partial charge is 0.347 e. The Labute approximate surface area is 133 Å². The average molecular weight is 315 g/mol. The van der Waals surface area contributed by atoms with E-state index in [1.165, 1.54) is 0 Å². The fourth-order valence-electron chi connectivity index (χ4n) is 2.32. The summed E-state index contributed by atoms with van der Waals surface area (Å²) in [6.07, 6.45) is 5.82. The van der Waals surface area contributed by atoms with E-state index in [1.54, 1.807) is 35.1 Å². The molecule has 6 heteroatoms. The third-order valence-electron chi connectivity index (χ3n) is 3.38. The second-order valence-electron chi connectivity index (χ2n) is 4.88. The van der Waals surface area contributed by atoms with Crippen LogP contribution in [-0.4, -0.2) is 20.3 Å². The molecule has 0 aliphatic rings. The Hall–Kier alpha value is -2.40. The summed E-state index contributed by atoms with van der Waals surface area (Å²) in [7, 11) is 0. The molecular weight excluding hydrogens is 300 g/mol. The molecule has 0 bridgehead atoms. The highest BCUT2D eigenvalue weighted by Crippen LogP contribution is 2.17. The molecule has 0 unspecified atom stereocenters. The SMILES string of the molecule is CCc1nc2ccc(Cl)cn2c1C(=O)NCc1cccnc1. The van der Waals surface area contributed by atoms with Crippen LogP contribution in [0.5, 0.6) is 0 Å². The summed E-state index contributed by atoms with van der Waals surface area (Å²) in [5.41, 5.74) is 2.95. The number of aryl methyl sites for hydroxylation is 1. The molecule has 1 amide bonds. The van der Waals surface area contributed by atoms with Crippen LogP contribution in [0.25, 0.3) is 5.65 Å². The zero-order chi connectivity index (χ0) is 15.5. The number of halogens is 1. The van der Waals surface area contributed by atoms with Crippen LogP contribution in [0.15, 0.2) is 42.9 Å². The first kappa shape index (κ1) is 14.5. The highest BCUT2D eigenvalue weighted by Gasteiger charge is 2.18. The van der Waals surface area contributed by atoms with Gasteiger partial charge in [0.25, 0.3) is 5.91 Å². The molecule has 0 atom stereocenters. The number of aromatic nitrogens is 3. The highest BCUT2D eigenvalue weighted by molar-refractivity contribution is 6.30. The number of rotatable bonds is 4. The minimum atomic E-state index is -0.171. The molecule has 3 aromatic rings. The maximum atomic E-state index is 12.5. The summed E-state index contributed by atoms with van der Waals surface area (Å²) in [4.78, 5) is 21.1. The summed E-state index contributed by atoms with van der Waals surface area (Å²) in [6, 6.07) is 7.33. The minimum absolute atomic E-state index is 0.171. The Kier molecular flexibility index (Phi) is 4.06. The molecule has 3 heterocycles. The number of carbonyl (C=O) groups excluding carboxylic acids is 1. The number of carbonyl (C=O) groups is 1. The van der Waals surface area contributed by atoms with E-state index in [4.69, 9.17) is 11.6 Å². The van der Waals surface area contributed by atoms with Crippen molar-refractivity contribution in [2.45, 2.75) is 19.9 Å². The van der Waals surface area contributed by atoms with Crippen LogP contribution in [0.3, 0.4) is 0 Å². The molecule has 0 fully saturated rings. The van der Waals surface area contributed by atoms with Gasteiger partial charge in [-0.15, -0.1) is 0 Å². The predicted molar refractivity (Wildman–Crippen MR) is 85.0 cm³/mol. The predicted octanol–water partition coefficient (Wildman–Crippen LogP) is 2.88. The van der Waals surface area contributed by atoms with Crippen molar-refractivity contribution in [1.82, 2.24) is 19.7 Å². The maximum absolute atomic E-state index is 12.5. The Morgan fingerprint density at radius 3 is 2.95 bits per heavy atom. The second kappa shape index (κ2) is 6.15. The van der Waals surface area contributed by atoms with Crippen LogP contribution in [-0.2, 0) is 13.0 Å². The third-order valence-corrected chi connectivity index (χ3v) is 3.60. The first-order valence-electron chi connectivity index (χ1n) is 7.02. The van der Waals surface area contributed by atoms with E-state index in [0.29, 0.717) is 29.3 Å². The van der Waals surface area contributed by atoms with Gasteiger partial charge in [-0.2, -0.15) is 0 Å². The van der Waals surface area contributed by atoms with Crippen molar-refractivity contribution in [2.24, 2.45) is 0 Å². The van der Waals surface area contributed by atoms with E-state index in [0.717, 1.165) is 11.3 Å². The van der Waals surface area contributed by atoms with Gasteiger partial charge in [0.1, 0.15) is 11.3 Å². The number of nitrogens with zero attached hydrogens (tertiary/aromatic N) is 3. The van der Waals surface area contributed by atoms with Gasteiger partial charge in [0.15, 0.2) is 0 Å². The van der Waals surface area contributed by atoms with Gasteiger partial charge in [-0.05, 0) is 30.2 Å². The van der Waals surface area contributed by atoms with Gasteiger partial charge in [-0.1, -0.05) is 24.6 Å². The van der Waals surface area contributed by atoms with E-state index >= 15 is 0 Å². The molecule has 0 radical (unpaired) electrons. The van der Waals surface area contributed by atoms with Gasteiger partial charge in [0.2, 0.25) is 0 Å². The van der Waals surface area contributed by atoms with Gasteiger partial charge < -0.3 is 5.32 Å². The fourth-order valence-corrected chi connectivity index (χ4v) is 2.48. The summed E-state index contributed by atoms with van der Waals surface area (Å²) in [5.74, 6) is -0.171. The Morgan fingerprint density at radius 2 is 2.23 bits per heavy atom. The number of imidazole rings is 1. The van der Waals surface area contributed by atoms with Crippen molar-refractivity contribution in [2.75, 3.05) is 0 Å². The average Bonchev–Trinajstić information content (AvgIpc) is 2.91. The van der Waals surface area contributed by atoms with Crippen molar-refractivity contribution in [3.05, 3.63) is 64.8 Å². The Balaban J connectivity index is 1.91. The molecule has 0 spiro atoms. The van der Waals surface area contributed by atoms with Crippen LogP contribution < -0.4 is 5.32 Å². The van der Waals surface area contributed by atoms with E-state index < -0.39 is 0 Å². The highest BCUT2D eigenvalue weighted by atomic mass is 35.5. The standard InChI is InChI=1S/C16H15ClN4O/c1-2-13-15(21-10-12(17)5-6-14(21)20-13)16(22)19-9-11-4-3-7-18-8-11/h3-8,10H,2,9H2,1H3,(H,19,22). The summed E-state index contributed by atoms with van der Waals surface area (Å²) < 4.78 is 1.74. The quantitative estimate of drug-likeness (QED) is 0.805. The topological polar surface area (TPSA) is 59.3 Å². The molecule has 112 valence electrons. The van der Waals surface area contributed by atoms with Gasteiger partial charge in [0, 0.05) is 25.1 Å². The number of hydrogen-bond acceptors (Lipinski definition) is 3. The summed E-state index contributed by atoms with van der Waals surface area (Å²) in [5, 5.41) is 3.47. The molecule has 0 saturated heterocycles. The number of hydrogen-bond donors (Lipinski definition) is 1. The van der Waals surface area contributed by atoms with Gasteiger partial charge in [-0.3, -0.25) is 14.2 Å². The Morgan fingerprint density at radius 1 is 1.36 bits per heavy atom. The molecule has 0 aromatic carbocycles. The molecule has 22 heavy (non-hydrogen) atoms. The molecular formula is C16H15ClN4O. The molecule has 0 saturated carbocycles. The molecule has 3 rings (SSSR count). The molecule has 5 nitrogen and oxygen atoms in total. The van der Waals surface area contributed by atoms with Crippen molar-refractivity contribution < 1.29 is 4.79 Å². The molecule has 0 aliphatic carbocycles. The zero-order valence-electron chi connectivity index (χ0n) is 12.1. The van der Waals surface area contributed by atoms with Crippen LogP contribution in [0.1, 0.15) is 28.7 Å². The van der Waals surface area contributed by atoms with Crippen molar-refractivity contribution >= 4 is 23.2 Å². The van der Waals surface area contributed by atoms with Crippen LogP contribution >= 0.6 is 11.6 Å². The van der Waals surface area contributed by atoms with Crippen molar-refractivity contribution in [3.63, 3.8) is 0 Å². The van der Waals surface area contributed by atoms with Crippen LogP contribution in [0, 0.1) is 0 Å². The number of fused-ring (bicyclic) bond motifs is 1. The second-order valence-corrected chi connectivity index (χ2v) is 5.32.